The van der Waals surface area contributed by atoms with Crippen LogP contribution < -0.4 is 10.9 Å². The van der Waals surface area contributed by atoms with E-state index in [-0.39, 0.29) is 25.3 Å². The molecule has 0 aromatic heterocycles. The molecule has 4 nitrogen and oxygen atoms in total. The molecule has 3 unspecified atom stereocenters. The van der Waals surface area contributed by atoms with Crippen molar-refractivity contribution in [1.82, 2.24) is 10.9 Å². The van der Waals surface area contributed by atoms with Gasteiger partial charge in [0.25, 0.3) is 5.91 Å². The number of fused-ring (bicyclic) bond motifs is 1. The Morgan fingerprint density at radius 1 is 1.20 bits per heavy atom. The van der Waals surface area contributed by atoms with E-state index in [9.17, 15) is 9.59 Å². The molecule has 0 radical (unpaired) electrons. The van der Waals surface area contributed by atoms with E-state index in [1.807, 2.05) is 0 Å². The summed E-state index contributed by atoms with van der Waals surface area (Å²) in [4.78, 5) is 25.3. The van der Waals surface area contributed by atoms with Crippen LogP contribution in [-0.4, -0.2) is 20.4 Å². The molecule has 2 N–H and O–H groups in total. The highest BCUT2D eigenvalue weighted by Crippen LogP contribution is 2.82. The fraction of sp³-hybridized carbons (Fsp3) is 0.529. The smallest absolute Gasteiger partial charge is 0.271 e. The van der Waals surface area contributed by atoms with Crippen molar-refractivity contribution < 1.29 is 9.59 Å². The lowest BCUT2D eigenvalue weighted by Crippen LogP contribution is -2.72. The van der Waals surface area contributed by atoms with Crippen molar-refractivity contribution in [3.8, 4) is 0 Å². The van der Waals surface area contributed by atoms with Crippen LogP contribution in [0.3, 0.4) is 0 Å². The van der Waals surface area contributed by atoms with Crippen molar-refractivity contribution in [1.29, 1.82) is 0 Å². The Kier molecular flexibility index (Phi) is 5.11. The first-order valence-corrected chi connectivity index (χ1v) is 11.0. The van der Waals surface area contributed by atoms with Gasteiger partial charge in [0.1, 0.15) is 0 Å². The first-order valence-electron chi connectivity index (χ1n) is 7.90. The van der Waals surface area contributed by atoms with Crippen LogP contribution in [-0.2, 0) is 4.79 Å². The third-order valence-electron chi connectivity index (χ3n) is 6.30. The summed E-state index contributed by atoms with van der Waals surface area (Å²) in [6, 6.07) is 6.72. The average Bonchev–Trinajstić information content (AvgIpc) is 3.02. The van der Waals surface area contributed by atoms with Crippen molar-refractivity contribution in [2.75, 3.05) is 0 Å². The van der Waals surface area contributed by atoms with E-state index >= 15 is 0 Å². The van der Waals surface area contributed by atoms with Gasteiger partial charge in [-0.1, -0.05) is 85.4 Å². The first-order chi connectivity index (χ1) is 11.6. The maximum absolute atomic E-state index is 13.0. The van der Waals surface area contributed by atoms with Crippen LogP contribution in [0.5, 0.6) is 0 Å². The topological polar surface area (TPSA) is 58.2 Å². The normalized spacial score (nSPS) is 32.2. The Labute approximate surface area is 177 Å². The molecule has 3 aliphatic carbocycles. The van der Waals surface area contributed by atoms with E-state index in [1.165, 1.54) is 0 Å². The second-order valence-electron chi connectivity index (χ2n) is 7.19. The largest absolute Gasteiger partial charge is 0.273 e. The summed E-state index contributed by atoms with van der Waals surface area (Å²) in [5.41, 5.74) is 4.58. The number of carbonyl (C=O) groups is 2. The fourth-order valence-corrected chi connectivity index (χ4v) is 9.77. The monoisotopic (exact) mass is 554 g/mol. The molecule has 3 atom stereocenters. The summed E-state index contributed by atoms with van der Waals surface area (Å²) in [5, 5.41) is 0.344. The zero-order valence-corrected chi connectivity index (χ0v) is 19.2. The van der Waals surface area contributed by atoms with E-state index in [2.05, 4.69) is 72.5 Å². The molecule has 2 amide bonds. The third kappa shape index (κ3) is 2.41. The zero-order chi connectivity index (χ0) is 18.6. The second kappa shape index (κ2) is 6.50. The van der Waals surface area contributed by atoms with E-state index in [0.717, 1.165) is 12.8 Å². The van der Waals surface area contributed by atoms with Crippen LogP contribution in [0.15, 0.2) is 24.3 Å². The summed E-state index contributed by atoms with van der Waals surface area (Å²) >= 11 is 17.1. The summed E-state index contributed by atoms with van der Waals surface area (Å²) in [6.45, 7) is 4.23. The average molecular weight is 558 g/mol. The molecule has 0 saturated heterocycles. The Bertz CT molecular complexity index is 742. The Hall–Kier alpha value is -0.110. The van der Waals surface area contributed by atoms with Crippen LogP contribution in [0.1, 0.15) is 37.0 Å². The number of halogens is 4. The lowest BCUT2D eigenvalue weighted by atomic mass is 9.43. The number of hydrogen-bond acceptors (Lipinski definition) is 2. The Morgan fingerprint density at radius 2 is 1.84 bits per heavy atom. The molecule has 8 heteroatoms. The van der Waals surface area contributed by atoms with Gasteiger partial charge in [-0.3, -0.25) is 20.4 Å². The molecule has 4 rings (SSSR count). The first kappa shape index (κ1) is 19.6. The summed E-state index contributed by atoms with van der Waals surface area (Å²) < 4.78 is 0.105. The number of carbonyl (C=O) groups excluding carboxylic acids is 2. The van der Waals surface area contributed by atoms with Gasteiger partial charge < -0.3 is 0 Å². The lowest BCUT2D eigenvalue weighted by molar-refractivity contribution is -0.162. The van der Waals surface area contributed by atoms with Crippen LogP contribution in [0.25, 0.3) is 0 Å². The van der Waals surface area contributed by atoms with E-state index in [1.54, 1.807) is 24.3 Å². The summed E-state index contributed by atoms with van der Waals surface area (Å²) in [6.07, 6.45) is 1.68. The summed E-state index contributed by atoms with van der Waals surface area (Å²) in [7, 11) is 0. The predicted octanol–water partition coefficient (Wildman–Crippen LogP) is 4.79. The molecule has 136 valence electrons. The van der Waals surface area contributed by atoms with Gasteiger partial charge in [-0.25, -0.2) is 0 Å². The molecule has 0 heterocycles. The number of nitrogens with one attached hydrogen (secondary N) is 2. The highest BCUT2D eigenvalue weighted by Gasteiger charge is 2.83. The molecule has 1 aromatic carbocycles. The van der Waals surface area contributed by atoms with Gasteiger partial charge in [0.2, 0.25) is 5.91 Å². The van der Waals surface area contributed by atoms with Gasteiger partial charge in [0.15, 0.2) is 0 Å². The van der Waals surface area contributed by atoms with Gasteiger partial charge in [-0.05, 0) is 30.4 Å². The van der Waals surface area contributed by atoms with Crippen molar-refractivity contribution in [2.24, 2.45) is 16.2 Å². The molecule has 3 saturated carbocycles. The number of rotatable bonds is 3. The van der Waals surface area contributed by atoms with Gasteiger partial charge >= 0.3 is 0 Å². The van der Waals surface area contributed by atoms with Crippen molar-refractivity contribution >= 4 is 71.2 Å². The Morgan fingerprint density at radius 3 is 2.36 bits per heavy atom. The fourth-order valence-electron chi connectivity index (χ4n) is 4.64. The van der Waals surface area contributed by atoms with E-state index in [0.29, 0.717) is 10.6 Å². The van der Waals surface area contributed by atoms with Gasteiger partial charge in [0.05, 0.1) is 19.7 Å². The quantitative estimate of drug-likeness (QED) is 0.415. The van der Waals surface area contributed by atoms with Gasteiger partial charge in [0, 0.05) is 10.2 Å². The SMILES string of the molecule is CC1(C)C2(C(=O)NNC(=O)c3ccccc3Cl)CCC1(C(Br)Br)C2Br. The Balaban J connectivity index is 1.75. The predicted molar refractivity (Wildman–Crippen MR) is 109 cm³/mol. The van der Waals surface area contributed by atoms with E-state index < -0.39 is 11.3 Å². The lowest BCUT2D eigenvalue weighted by Gasteiger charge is -2.66. The van der Waals surface area contributed by atoms with Gasteiger partial charge in [-0.15, -0.1) is 0 Å². The van der Waals surface area contributed by atoms with Crippen LogP contribution in [0, 0.1) is 16.2 Å². The maximum Gasteiger partial charge on any atom is 0.271 e. The molecular weight excluding hydrogens is 539 g/mol. The number of amides is 2. The highest BCUT2D eigenvalue weighted by atomic mass is 79.9. The number of benzene rings is 1. The van der Waals surface area contributed by atoms with Crippen molar-refractivity contribution in [3.63, 3.8) is 0 Å². The minimum Gasteiger partial charge on any atom is -0.273 e. The molecule has 25 heavy (non-hydrogen) atoms. The molecule has 3 aliphatic rings. The zero-order valence-electron chi connectivity index (χ0n) is 13.7. The maximum atomic E-state index is 13.0. The van der Waals surface area contributed by atoms with Crippen LogP contribution in [0.2, 0.25) is 5.02 Å². The van der Waals surface area contributed by atoms with Gasteiger partial charge in [-0.2, -0.15) is 0 Å². The number of hydrazine groups is 1. The molecule has 0 aliphatic heterocycles. The molecule has 0 spiro atoms. The standard InChI is InChI=1S/C17H18Br3ClN2O2/c1-15(2)16(13(19)20)7-8-17(15,12(16)18)14(25)23-22-11(24)9-5-3-4-6-10(9)21/h3-6,12-13H,7-8H2,1-2H3,(H,22,24)(H,23,25). The molecule has 2 bridgehead atoms. The van der Waals surface area contributed by atoms with Crippen LogP contribution in [0.4, 0.5) is 0 Å². The minimum absolute atomic E-state index is 0.0171. The summed E-state index contributed by atoms with van der Waals surface area (Å²) in [5.74, 6) is -0.602. The highest BCUT2D eigenvalue weighted by molar-refractivity contribution is 9.24. The minimum atomic E-state index is -0.569. The molecule has 1 aromatic rings. The van der Waals surface area contributed by atoms with Crippen molar-refractivity contribution in [3.05, 3.63) is 34.9 Å². The molecular formula is C17H18Br3ClN2O2. The second-order valence-corrected chi connectivity index (χ2v) is 11.6. The number of alkyl halides is 3. The third-order valence-corrected chi connectivity index (χ3v) is 9.86. The van der Waals surface area contributed by atoms with E-state index in [4.69, 9.17) is 11.6 Å². The van der Waals surface area contributed by atoms with Crippen molar-refractivity contribution in [2.45, 2.75) is 35.3 Å². The number of hydrogen-bond donors (Lipinski definition) is 2. The van der Waals surface area contributed by atoms with Crippen LogP contribution >= 0.6 is 59.4 Å². The molecule has 3 fully saturated rings.